The Kier molecular flexibility index (Phi) is 7.95. The predicted molar refractivity (Wildman–Crippen MR) is 115 cm³/mol. The number of piperazine rings is 1. The molecule has 0 saturated carbocycles. The SMILES string of the molecule is C=C/C(=N\N=C(/C)N1CCNCC1)c1ccc(/C(C=NC)=C/CC)cc1O. The Balaban J connectivity index is 2.28. The zero-order valence-corrected chi connectivity index (χ0v) is 16.4. The largest absolute Gasteiger partial charge is 0.507 e. The van der Waals surface area contributed by atoms with Crippen molar-refractivity contribution in [1.29, 1.82) is 0 Å². The summed E-state index contributed by atoms with van der Waals surface area (Å²) in [4.78, 5) is 6.28. The van der Waals surface area contributed by atoms with Crippen LogP contribution in [0.25, 0.3) is 5.57 Å². The van der Waals surface area contributed by atoms with E-state index in [1.807, 2.05) is 19.1 Å². The van der Waals surface area contributed by atoms with Crippen molar-refractivity contribution in [1.82, 2.24) is 10.2 Å². The second-order valence-corrected chi connectivity index (χ2v) is 6.26. The number of hydrogen-bond donors (Lipinski definition) is 2. The molecule has 0 atom stereocenters. The lowest BCUT2D eigenvalue weighted by Gasteiger charge is -2.28. The van der Waals surface area contributed by atoms with Gasteiger partial charge in [-0.05, 0) is 42.7 Å². The molecule has 0 spiro atoms. The summed E-state index contributed by atoms with van der Waals surface area (Å²) in [6.45, 7) is 11.6. The molecule has 0 aromatic heterocycles. The molecule has 0 amide bonds. The minimum atomic E-state index is 0.146. The highest BCUT2D eigenvalue weighted by Gasteiger charge is 2.12. The van der Waals surface area contributed by atoms with Crippen LogP contribution < -0.4 is 5.32 Å². The fourth-order valence-electron chi connectivity index (χ4n) is 2.91. The standard InChI is InChI=1S/C21H29N5O/c1-5-7-18(15-22-4)17-8-9-19(21(27)14-17)20(6-2)25-24-16(3)26-12-10-23-11-13-26/h6-9,14-15,23,27H,2,5,10-13H2,1,3-4H3/b18-7+,22-15?,24-16+,25-20+. The van der Waals surface area contributed by atoms with E-state index in [1.165, 1.54) is 0 Å². The number of aromatic hydroxyl groups is 1. The van der Waals surface area contributed by atoms with Gasteiger partial charge in [0, 0.05) is 45.0 Å². The van der Waals surface area contributed by atoms with Crippen LogP contribution in [0.15, 0.2) is 52.1 Å². The van der Waals surface area contributed by atoms with Gasteiger partial charge in [-0.25, -0.2) is 0 Å². The summed E-state index contributed by atoms with van der Waals surface area (Å²) in [5, 5.41) is 22.5. The first-order valence-electron chi connectivity index (χ1n) is 9.27. The van der Waals surface area contributed by atoms with Gasteiger partial charge < -0.3 is 15.3 Å². The molecule has 1 aliphatic heterocycles. The van der Waals surface area contributed by atoms with Gasteiger partial charge in [0.25, 0.3) is 0 Å². The number of allylic oxidation sites excluding steroid dienone is 3. The molecule has 1 aromatic carbocycles. The average molecular weight is 367 g/mol. The van der Waals surface area contributed by atoms with Crippen LogP contribution in [0.5, 0.6) is 5.75 Å². The van der Waals surface area contributed by atoms with Crippen LogP contribution in [0.2, 0.25) is 0 Å². The van der Waals surface area contributed by atoms with E-state index in [-0.39, 0.29) is 5.75 Å². The van der Waals surface area contributed by atoms with Crippen molar-refractivity contribution in [3.63, 3.8) is 0 Å². The number of hydrogen-bond acceptors (Lipinski definition) is 5. The molecule has 0 unspecified atom stereocenters. The van der Waals surface area contributed by atoms with Crippen LogP contribution in [-0.4, -0.2) is 61.0 Å². The Morgan fingerprint density at radius 2 is 2.04 bits per heavy atom. The summed E-state index contributed by atoms with van der Waals surface area (Å²) in [7, 11) is 1.74. The molecule has 6 heteroatoms. The van der Waals surface area contributed by atoms with Gasteiger partial charge in [0.05, 0.1) is 5.71 Å². The lowest BCUT2D eigenvalue weighted by atomic mass is 10.0. The van der Waals surface area contributed by atoms with E-state index >= 15 is 0 Å². The van der Waals surface area contributed by atoms with Gasteiger partial charge in [-0.3, -0.25) is 4.99 Å². The van der Waals surface area contributed by atoms with Gasteiger partial charge in [-0.1, -0.05) is 25.6 Å². The minimum Gasteiger partial charge on any atom is -0.507 e. The Morgan fingerprint density at radius 3 is 2.63 bits per heavy atom. The van der Waals surface area contributed by atoms with Crippen LogP contribution in [-0.2, 0) is 0 Å². The fraction of sp³-hybridized carbons (Fsp3) is 0.381. The maximum Gasteiger partial charge on any atom is 0.125 e. The average Bonchev–Trinajstić information content (AvgIpc) is 2.69. The molecule has 144 valence electrons. The number of nitrogens with one attached hydrogen (secondary N) is 1. The van der Waals surface area contributed by atoms with E-state index in [9.17, 15) is 5.11 Å². The van der Waals surface area contributed by atoms with Crippen molar-refractivity contribution in [2.75, 3.05) is 33.2 Å². The van der Waals surface area contributed by atoms with Gasteiger partial charge >= 0.3 is 0 Å². The third kappa shape index (κ3) is 5.62. The van der Waals surface area contributed by atoms with Gasteiger partial charge in [-0.2, -0.15) is 0 Å². The Labute approximate surface area is 161 Å². The molecule has 0 bridgehead atoms. The molecule has 1 saturated heterocycles. The molecule has 1 aliphatic rings. The van der Waals surface area contributed by atoms with E-state index in [4.69, 9.17) is 0 Å². The third-order valence-corrected chi connectivity index (χ3v) is 4.37. The molecule has 1 heterocycles. The molecule has 1 aromatic rings. The molecule has 6 nitrogen and oxygen atoms in total. The maximum absolute atomic E-state index is 10.5. The van der Waals surface area contributed by atoms with Crippen LogP contribution in [0, 0.1) is 0 Å². The van der Waals surface area contributed by atoms with E-state index in [0.29, 0.717) is 11.3 Å². The van der Waals surface area contributed by atoms with E-state index in [0.717, 1.165) is 49.6 Å². The van der Waals surface area contributed by atoms with Crippen LogP contribution in [0.1, 0.15) is 31.4 Å². The normalized spacial score (nSPS) is 16.9. The molecular weight excluding hydrogens is 338 g/mol. The number of aliphatic imine (C=N–C) groups is 1. The monoisotopic (exact) mass is 367 g/mol. The topological polar surface area (TPSA) is 72.6 Å². The highest BCUT2D eigenvalue weighted by Crippen LogP contribution is 2.24. The summed E-state index contributed by atoms with van der Waals surface area (Å²) in [5.74, 6) is 1.01. The van der Waals surface area contributed by atoms with Crippen molar-refractivity contribution in [2.45, 2.75) is 20.3 Å². The number of phenolic OH excluding ortho intramolecular Hbond substituents is 1. The number of amidine groups is 1. The molecule has 27 heavy (non-hydrogen) atoms. The first kappa shape index (κ1) is 20.6. The van der Waals surface area contributed by atoms with Crippen molar-refractivity contribution in [2.24, 2.45) is 15.2 Å². The summed E-state index contributed by atoms with van der Waals surface area (Å²) in [5.41, 5.74) is 3.03. The zero-order chi connectivity index (χ0) is 19.6. The minimum absolute atomic E-state index is 0.146. The molecule has 2 N–H and O–H groups in total. The molecule has 0 aliphatic carbocycles. The molecule has 2 rings (SSSR count). The van der Waals surface area contributed by atoms with Crippen molar-refractivity contribution in [3.05, 3.63) is 48.1 Å². The number of benzene rings is 1. The second kappa shape index (κ2) is 10.4. The smallest absolute Gasteiger partial charge is 0.125 e. The van der Waals surface area contributed by atoms with Crippen molar-refractivity contribution >= 4 is 23.3 Å². The Morgan fingerprint density at radius 1 is 1.30 bits per heavy atom. The van der Waals surface area contributed by atoms with Crippen molar-refractivity contribution in [3.8, 4) is 5.75 Å². The molecular formula is C21H29N5O. The van der Waals surface area contributed by atoms with E-state index < -0.39 is 0 Å². The zero-order valence-electron chi connectivity index (χ0n) is 16.4. The van der Waals surface area contributed by atoms with Gasteiger partial charge in [-0.15, -0.1) is 10.2 Å². The predicted octanol–water partition coefficient (Wildman–Crippen LogP) is 3.10. The number of rotatable bonds is 6. The quantitative estimate of drug-likeness (QED) is 0.461. The molecule has 1 fully saturated rings. The highest BCUT2D eigenvalue weighted by molar-refractivity contribution is 6.12. The summed E-state index contributed by atoms with van der Waals surface area (Å²) in [6.07, 6.45) is 6.37. The first-order chi connectivity index (χ1) is 13.1. The third-order valence-electron chi connectivity index (χ3n) is 4.37. The van der Waals surface area contributed by atoms with E-state index in [1.54, 1.807) is 25.4 Å². The lowest BCUT2D eigenvalue weighted by Crippen LogP contribution is -2.45. The summed E-state index contributed by atoms with van der Waals surface area (Å²) in [6, 6.07) is 5.52. The summed E-state index contributed by atoms with van der Waals surface area (Å²) >= 11 is 0. The van der Waals surface area contributed by atoms with Crippen molar-refractivity contribution < 1.29 is 5.11 Å². The van der Waals surface area contributed by atoms with Crippen LogP contribution in [0.4, 0.5) is 0 Å². The van der Waals surface area contributed by atoms with Crippen LogP contribution in [0.3, 0.4) is 0 Å². The number of nitrogens with zero attached hydrogens (tertiary/aromatic N) is 4. The number of phenols is 1. The first-order valence-corrected chi connectivity index (χ1v) is 9.27. The van der Waals surface area contributed by atoms with Crippen LogP contribution >= 0.6 is 0 Å². The molecule has 0 radical (unpaired) electrons. The van der Waals surface area contributed by atoms with Gasteiger partial charge in [0.15, 0.2) is 0 Å². The van der Waals surface area contributed by atoms with Gasteiger partial charge in [0.1, 0.15) is 11.6 Å². The van der Waals surface area contributed by atoms with E-state index in [2.05, 4.69) is 45.0 Å². The highest BCUT2D eigenvalue weighted by atomic mass is 16.3. The summed E-state index contributed by atoms with van der Waals surface area (Å²) < 4.78 is 0. The van der Waals surface area contributed by atoms with Gasteiger partial charge in [0.2, 0.25) is 0 Å². The second-order valence-electron chi connectivity index (χ2n) is 6.26. The fourth-order valence-corrected chi connectivity index (χ4v) is 2.91. The Hall–Kier alpha value is -2.73. The lowest BCUT2D eigenvalue weighted by molar-refractivity contribution is 0.355. The maximum atomic E-state index is 10.5. The Bertz CT molecular complexity index is 771.